The highest BCUT2D eigenvalue weighted by Gasteiger charge is 2.52. The average Bonchev–Trinajstić information content (AvgIpc) is 3.02. The van der Waals surface area contributed by atoms with Gasteiger partial charge in [-0.3, -0.25) is 9.59 Å². The van der Waals surface area contributed by atoms with Crippen LogP contribution < -0.4 is 0 Å². The second-order valence-electron chi connectivity index (χ2n) is 6.98. The molecule has 1 N–H and O–H groups in total. The molecule has 1 spiro atoms. The number of phenolic OH excluding ortho intramolecular Hbond substituents is 1. The van der Waals surface area contributed by atoms with E-state index in [0.29, 0.717) is 38.1 Å². The number of benzene rings is 1. The lowest BCUT2D eigenvalue weighted by atomic mass is 9.85. The summed E-state index contributed by atoms with van der Waals surface area (Å²) < 4.78 is 5.11. The Morgan fingerprint density at radius 3 is 2.68 bits per heavy atom. The molecule has 0 bridgehead atoms. The van der Waals surface area contributed by atoms with Crippen molar-refractivity contribution in [1.29, 1.82) is 0 Å². The summed E-state index contributed by atoms with van der Waals surface area (Å²) in [6.45, 7) is 4.15. The maximum atomic E-state index is 13.1. The van der Waals surface area contributed by atoms with Crippen molar-refractivity contribution < 1.29 is 19.4 Å². The van der Waals surface area contributed by atoms with Gasteiger partial charge in [0.1, 0.15) is 11.3 Å². The maximum Gasteiger partial charge on any atom is 0.254 e. The Balaban J connectivity index is 1.86. The first kappa shape index (κ1) is 17.7. The highest BCUT2D eigenvalue weighted by molar-refractivity contribution is 6.00. The third kappa shape index (κ3) is 3.11. The lowest BCUT2D eigenvalue weighted by Gasteiger charge is -2.44. The molecule has 2 aliphatic rings. The van der Waals surface area contributed by atoms with E-state index in [1.807, 2.05) is 4.90 Å². The highest BCUT2D eigenvalue weighted by atomic mass is 16.5. The predicted molar refractivity (Wildman–Crippen MR) is 93.5 cm³/mol. The molecule has 2 heterocycles. The Labute approximate surface area is 148 Å². The average molecular weight is 346 g/mol. The lowest BCUT2D eigenvalue weighted by molar-refractivity contribution is -0.146. The fourth-order valence-electron chi connectivity index (χ4n) is 4.04. The van der Waals surface area contributed by atoms with Crippen molar-refractivity contribution >= 4 is 11.8 Å². The van der Waals surface area contributed by atoms with Crippen molar-refractivity contribution in [3.05, 3.63) is 29.3 Å². The van der Waals surface area contributed by atoms with E-state index in [2.05, 4.69) is 0 Å². The van der Waals surface area contributed by atoms with Gasteiger partial charge in [-0.15, -0.1) is 0 Å². The third-order valence-corrected chi connectivity index (χ3v) is 5.46. The number of aryl methyl sites for hydroxylation is 1. The molecule has 2 amide bonds. The number of hydrogen-bond acceptors (Lipinski definition) is 4. The summed E-state index contributed by atoms with van der Waals surface area (Å²) in [6.07, 6.45) is 3.13. The van der Waals surface area contributed by atoms with E-state index >= 15 is 0 Å². The first-order valence-corrected chi connectivity index (χ1v) is 8.89. The van der Waals surface area contributed by atoms with Crippen LogP contribution in [0.2, 0.25) is 0 Å². The van der Waals surface area contributed by atoms with Crippen molar-refractivity contribution in [1.82, 2.24) is 9.80 Å². The first-order chi connectivity index (χ1) is 12.0. The van der Waals surface area contributed by atoms with Crippen LogP contribution in [0.15, 0.2) is 18.2 Å². The summed E-state index contributed by atoms with van der Waals surface area (Å²) >= 11 is 0. The number of hydrogen-bond donors (Lipinski definition) is 1. The van der Waals surface area contributed by atoms with Crippen LogP contribution in [0, 0.1) is 6.92 Å². The van der Waals surface area contributed by atoms with Gasteiger partial charge < -0.3 is 19.6 Å². The van der Waals surface area contributed by atoms with Crippen molar-refractivity contribution in [2.45, 2.75) is 38.1 Å². The van der Waals surface area contributed by atoms with Crippen molar-refractivity contribution in [3.8, 4) is 5.75 Å². The number of carbonyl (C=O) groups is 2. The van der Waals surface area contributed by atoms with E-state index in [1.54, 1.807) is 31.1 Å². The number of carbonyl (C=O) groups excluding carboxylic acids is 2. The molecule has 0 radical (unpaired) electrons. The number of aromatic hydroxyl groups is 1. The molecule has 0 aromatic heterocycles. The Morgan fingerprint density at radius 2 is 2.00 bits per heavy atom. The molecule has 2 saturated heterocycles. The maximum absolute atomic E-state index is 13.1. The van der Waals surface area contributed by atoms with Crippen molar-refractivity contribution in [2.75, 3.05) is 33.4 Å². The Hall–Kier alpha value is -2.08. The number of piperidine rings is 1. The van der Waals surface area contributed by atoms with E-state index < -0.39 is 5.54 Å². The van der Waals surface area contributed by atoms with Gasteiger partial charge in [0.2, 0.25) is 5.91 Å². The van der Waals surface area contributed by atoms with Crippen LogP contribution in [0.4, 0.5) is 0 Å². The van der Waals surface area contributed by atoms with Crippen LogP contribution in [0.3, 0.4) is 0 Å². The fourth-order valence-corrected chi connectivity index (χ4v) is 4.04. The number of nitrogens with zero attached hydrogens (tertiary/aromatic N) is 2. The van der Waals surface area contributed by atoms with Crippen LogP contribution >= 0.6 is 0 Å². The van der Waals surface area contributed by atoms with E-state index in [9.17, 15) is 14.7 Å². The molecule has 2 fully saturated rings. The molecule has 1 atom stereocenters. The standard InChI is InChI=1S/C19H26N2O4/c1-14-5-6-15(13-16(14)22)17(23)21-10-4-8-19(21)7-3-9-20(18(19)24)11-12-25-2/h5-6,13,22H,3-4,7-12H2,1-2H3. The summed E-state index contributed by atoms with van der Waals surface area (Å²) in [5, 5.41) is 9.92. The molecule has 1 aromatic carbocycles. The van der Waals surface area contributed by atoms with Crippen LogP contribution in [0.25, 0.3) is 0 Å². The Kier molecular flexibility index (Phi) is 4.99. The van der Waals surface area contributed by atoms with Gasteiger partial charge in [-0.25, -0.2) is 0 Å². The second kappa shape index (κ2) is 7.04. The van der Waals surface area contributed by atoms with Crippen LogP contribution in [0.5, 0.6) is 5.75 Å². The van der Waals surface area contributed by atoms with Crippen molar-refractivity contribution in [3.63, 3.8) is 0 Å². The third-order valence-electron chi connectivity index (χ3n) is 5.46. The number of methoxy groups -OCH3 is 1. The van der Waals surface area contributed by atoms with Gasteiger partial charge in [-0.2, -0.15) is 0 Å². The zero-order valence-electron chi connectivity index (χ0n) is 15.0. The number of phenols is 1. The molecule has 6 heteroatoms. The van der Waals surface area contributed by atoms with E-state index in [4.69, 9.17) is 4.74 Å². The van der Waals surface area contributed by atoms with E-state index in [1.165, 1.54) is 6.07 Å². The predicted octanol–water partition coefficient (Wildman–Crippen LogP) is 1.94. The van der Waals surface area contributed by atoms with Gasteiger partial charge in [0.05, 0.1) is 6.61 Å². The van der Waals surface area contributed by atoms with E-state index in [0.717, 1.165) is 24.9 Å². The van der Waals surface area contributed by atoms with Gasteiger partial charge in [-0.1, -0.05) is 6.07 Å². The summed E-state index contributed by atoms with van der Waals surface area (Å²) in [6, 6.07) is 4.96. The molecular formula is C19H26N2O4. The quantitative estimate of drug-likeness (QED) is 0.905. The molecule has 3 rings (SSSR count). The van der Waals surface area contributed by atoms with Crippen LogP contribution in [-0.4, -0.2) is 65.6 Å². The lowest BCUT2D eigenvalue weighted by Crippen LogP contribution is -2.61. The SMILES string of the molecule is COCCN1CCCC2(CCCN2C(=O)c2ccc(C)c(O)c2)C1=O. The molecule has 2 aliphatic heterocycles. The molecule has 0 aliphatic carbocycles. The number of rotatable bonds is 4. The Bertz CT molecular complexity index is 675. The second-order valence-corrected chi connectivity index (χ2v) is 6.98. The summed E-state index contributed by atoms with van der Waals surface area (Å²) in [5.41, 5.74) is 0.433. The van der Waals surface area contributed by atoms with Gasteiger partial charge in [-0.05, 0) is 50.3 Å². The minimum Gasteiger partial charge on any atom is -0.508 e. The molecule has 0 saturated carbocycles. The molecule has 136 valence electrons. The van der Waals surface area contributed by atoms with Gasteiger partial charge in [0.15, 0.2) is 0 Å². The number of likely N-dealkylation sites (tertiary alicyclic amines) is 2. The number of amides is 2. The molecule has 6 nitrogen and oxygen atoms in total. The first-order valence-electron chi connectivity index (χ1n) is 8.89. The van der Waals surface area contributed by atoms with Crippen molar-refractivity contribution in [2.24, 2.45) is 0 Å². The zero-order valence-corrected chi connectivity index (χ0v) is 15.0. The van der Waals surface area contributed by atoms with Gasteiger partial charge in [0.25, 0.3) is 5.91 Å². The Morgan fingerprint density at radius 1 is 1.28 bits per heavy atom. The molecule has 25 heavy (non-hydrogen) atoms. The fraction of sp³-hybridized carbons (Fsp3) is 0.579. The summed E-state index contributed by atoms with van der Waals surface area (Å²) in [5.74, 6) is -0.0245. The molecule has 1 unspecified atom stereocenters. The van der Waals surface area contributed by atoms with Crippen LogP contribution in [0.1, 0.15) is 41.6 Å². The zero-order chi connectivity index (χ0) is 18.0. The summed E-state index contributed by atoms with van der Waals surface area (Å²) in [7, 11) is 1.62. The van der Waals surface area contributed by atoms with Crippen LogP contribution in [-0.2, 0) is 9.53 Å². The number of ether oxygens (including phenoxy) is 1. The smallest absolute Gasteiger partial charge is 0.254 e. The van der Waals surface area contributed by atoms with E-state index in [-0.39, 0.29) is 17.6 Å². The monoisotopic (exact) mass is 346 g/mol. The highest BCUT2D eigenvalue weighted by Crippen LogP contribution is 2.39. The topological polar surface area (TPSA) is 70.1 Å². The normalized spacial score (nSPS) is 23.5. The minimum absolute atomic E-state index is 0.0398. The van der Waals surface area contributed by atoms with Gasteiger partial charge >= 0.3 is 0 Å². The summed E-state index contributed by atoms with van der Waals surface area (Å²) in [4.78, 5) is 29.8. The molecule has 1 aromatic rings. The molecular weight excluding hydrogens is 320 g/mol. The minimum atomic E-state index is -0.733. The van der Waals surface area contributed by atoms with Gasteiger partial charge in [0, 0.05) is 32.3 Å². The largest absolute Gasteiger partial charge is 0.508 e.